The lowest BCUT2D eigenvalue weighted by atomic mass is 10.1. The van der Waals surface area contributed by atoms with Gasteiger partial charge in [0, 0.05) is 33.7 Å². The van der Waals surface area contributed by atoms with Crippen LogP contribution in [0.1, 0.15) is 24.6 Å². The lowest BCUT2D eigenvalue weighted by Crippen LogP contribution is -2.18. The van der Waals surface area contributed by atoms with Gasteiger partial charge in [0.1, 0.15) is 10.7 Å². The molecule has 0 radical (unpaired) electrons. The number of allylic oxidation sites excluding steroid dienone is 1. The quantitative estimate of drug-likeness (QED) is 0.455. The van der Waals surface area contributed by atoms with Crippen LogP contribution >= 0.6 is 11.6 Å². The molecule has 4 rings (SSSR count). The van der Waals surface area contributed by atoms with Gasteiger partial charge in [-0.3, -0.25) is 9.71 Å². The zero-order valence-electron chi connectivity index (χ0n) is 17.4. The monoisotopic (exact) mass is 508 g/mol. The Bertz CT molecular complexity index is 1390. The molecule has 1 N–H and O–H groups in total. The number of aromatic nitrogens is 1. The van der Waals surface area contributed by atoms with Gasteiger partial charge in [0.05, 0.1) is 27.9 Å². The van der Waals surface area contributed by atoms with Gasteiger partial charge in [-0.2, -0.15) is 0 Å². The molecule has 0 aliphatic heterocycles. The second-order valence-electron chi connectivity index (χ2n) is 7.43. The molecule has 0 bridgehead atoms. The van der Waals surface area contributed by atoms with Gasteiger partial charge in [-0.25, -0.2) is 21.4 Å². The van der Waals surface area contributed by atoms with Crippen LogP contribution in [-0.2, 0) is 27.2 Å². The molecule has 1 atom stereocenters. The summed E-state index contributed by atoms with van der Waals surface area (Å²) >= 11 is 5.95. The van der Waals surface area contributed by atoms with Crippen LogP contribution in [0.2, 0.25) is 5.02 Å². The molecule has 1 aliphatic carbocycles. The maximum absolute atomic E-state index is 15.2. The fourth-order valence-electron chi connectivity index (χ4n) is 3.52. The molecular formula is C23H19ClF2N2O3S2. The number of sulfonamides is 1. The number of halogens is 3. The molecular weight excluding hydrogens is 490 g/mol. The minimum atomic E-state index is -3.81. The van der Waals surface area contributed by atoms with Crippen molar-refractivity contribution in [1.82, 2.24) is 4.98 Å². The third kappa shape index (κ3) is 4.85. The van der Waals surface area contributed by atoms with Crippen molar-refractivity contribution in [3.8, 4) is 11.1 Å². The van der Waals surface area contributed by atoms with E-state index < -0.39 is 43.0 Å². The first-order valence-electron chi connectivity index (χ1n) is 10.1. The Morgan fingerprint density at radius 3 is 2.55 bits per heavy atom. The van der Waals surface area contributed by atoms with Crippen LogP contribution in [0.4, 0.5) is 14.5 Å². The van der Waals surface area contributed by atoms with E-state index in [0.29, 0.717) is 29.1 Å². The molecule has 0 fully saturated rings. The number of anilines is 1. The Morgan fingerprint density at radius 1 is 1.12 bits per heavy atom. The molecule has 0 amide bonds. The number of pyridine rings is 1. The summed E-state index contributed by atoms with van der Waals surface area (Å²) in [5, 5.41) is 0.579. The van der Waals surface area contributed by atoms with Crippen LogP contribution in [0, 0.1) is 11.6 Å². The van der Waals surface area contributed by atoms with Crippen LogP contribution in [-0.4, -0.2) is 23.4 Å². The summed E-state index contributed by atoms with van der Waals surface area (Å²) in [5.74, 6) is -2.45. The van der Waals surface area contributed by atoms with Gasteiger partial charge in [-0.15, -0.1) is 0 Å². The Labute approximate surface area is 198 Å². The Hall–Kier alpha value is -2.62. The molecule has 0 saturated heterocycles. The van der Waals surface area contributed by atoms with Crippen LogP contribution < -0.4 is 4.72 Å². The van der Waals surface area contributed by atoms with E-state index in [9.17, 15) is 17.0 Å². The first-order chi connectivity index (χ1) is 15.7. The Morgan fingerprint density at radius 2 is 1.85 bits per heavy atom. The second kappa shape index (κ2) is 9.32. The summed E-state index contributed by atoms with van der Waals surface area (Å²) in [6, 6.07) is 10.7. The van der Waals surface area contributed by atoms with Gasteiger partial charge in [-0.05, 0) is 42.3 Å². The molecule has 10 heteroatoms. The molecule has 1 heterocycles. The smallest absolute Gasteiger partial charge is 0.232 e. The normalized spacial score (nSPS) is 14.0. The van der Waals surface area contributed by atoms with Gasteiger partial charge in [-0.1, -0.05) is 36.7 Å². The lowest BCUT2D eigenvalue weighted by Gasteiger charge is -2.13. The highest BCUT2D eigenvalue weighted by Gasteiger charge is 2.28. The average molecular weight is 509 g/mol. The molecule has 5 nitrogen and oxygen atoms in total. The summed E-state index contributed by atoms with van der Waals surface area (Å²) in [7, 11) is -6.05. The topological polar surface area (TPSA) is 76.1 Å². The molecule has 1 aliphatic rings. The van der Waals surface area contributed by atoms with E-state index in [4.69, 9.17) is 11.6 Å². The van der Waals surface area contributed by atoms with Gasteiger partial charge >= 0.3 is 0 Å². The fraction of sp³-hybridized carbons (Fsp3) is 0.174. The lowest BCUT2D eigenvalue weighted by molar-refractivity contribution is 0.537. The van der Waals surface area contributed by atoms with Gasteiger partial charge in [0.15, 0.2) is 5.82 Å². The van der Waals surface area contributed by atoms with Gasteiger partial charge in [0.25, 0.3) is 0 Å². The molecule has 33 heavy (non-hydrogen) atoms. The predicted octanol–water partition coefficient (Wildman–Crippen LogP) is 5.54. The summed E-state index contributed by atoms with van der Waals surface area (Å²) in [4.78, 5) is 3.93. The zero-order valence-corrected chi connectivity index (χ0v) is 19.8. The largest absolute Gasteiger partial charge is 0.281 e. The van der Waals surface area contributed by atoms with Crippen molar-refractivity contribution >= 4 is 43.0 Å². The van der Waals surface area contributed by atoms with E-state index >= 15 is 4.39 Å². The molecule has 1 aromatic heterocycles. The van der Waals surface area contributed by atoms with Gasteiger partial charge < -0.3 is 0 Å². The molecule has 1 unspecified atom stereocenters. The van der Waals surface area contributed by atoms with E-state index in [1.165, 1.54) is 0 Å². The maximum atomic E-state index is 15.2. The van der Waals surface area contributed by atoms with Crippen molar-refractivity contribution < 1.29 is 21.4 Å². The minimum absolute atomic E-state index is 0.222. The van der Waals surface area contributed by atoms with E-state index in [-0.39, 0.29) is 10.7 Å². The third-order valence-electron chi connectivity index (χ3n) is 5.07. The maximum Gasteiger partial charge on any atom is 0.232 e. The molecule has 3 aromatic rings. The fourth-order valence-corrected chi connectivity index (χ4v) is 6.13. The van der Waals surface area contributed by atoms with E-state index in [2.05, 4.69) is 9.71 Å². The number of hydrogen-bond donors (Lipinski definition) is 1. The highest BCUT2D eigenvalue weighted by Crippen LogP contribution is 2.37. The van der Waals surface area contributed by atoms with E-state index in [1.807, 2.05) is 12.1 Å². The van der Waals surface area contributed by atoms with Gasteiger partial charge in [0.2, 0.25) is 10.0 Å². The predicted molar refractivity (Wildman–Crippen MR) is 127 cm³/mol. The van der Waals surface area contributed by atoms with Crippen LogP contribution in [0.5, 0.6) is 0 Å². The molecule has 2 aromatic carbocycles. The highest BCUT2D eigenvalue weighted by atomic mass is 35.5. The van der Waals surface area contributed by atoms with E-state index in [0.717, 1.165) is 23.3 Å². The van der Waals surface area contributed by atoms with Crippen molar-refractivity contribution in [2.24, 2.45) is 0 Å². The highest BCUT2D eigenvalue weighted by molar-refractivity contribution is 7.94. The third-order valence-corrected chi connectivity index (χ3v) is 8.33. The first-order valence-corrected chi connectivity index (χ1v) is 13.2. The van der Waals surface area contributed by atoms with Crippen molar-refractivity contribution in [3.63, 3.8) is 0 Å². The number of benzene rings is 2. The van der Waals surface area contributed by atoms with Crippen LogP contribution in [0.25, 0.3) is 16.0 Å². The van der Waals surface area contributed by atoms with E-state index in [1.54, 1.807) is 37.4 Å². The molecule has 0 saturated carbocycles. The average Bonchev–Trinajstić information content (AvgIpc) is 3.19. The SMILES string of the molecule is CCCS(=O)(=O)Nc1ccc(F)c(S(=O)C2=CCc3ncc(-c4ccc(Cl)cc4)cc32)c1F. The Balaban J connectivity index is 1.71. The number of hydrogen-bond acceptors (Lipinski definition) is 4. The number of nitrogens with one attached hydrogen (secondary N) is 1. The van der Waals surface area contributed by atoms with Crippen LogP contribution in [0.3, 0.4) is 0 Å². The summed E-state index contributed by atoms with van der Waals surface area (Å²) < 4.78 is 69.3. The van der Waals surface area contributed by atoms with Crippen molar-refractivity contribution in [2.75, 3.05) is 10.5 Å². The van der Waals surface area contributed by atoms with Crippen molar-refractivity contribution in [1.29, 1.82) is 0 Å². The molecule has 0 spiro atoms. The summed E-state index contributed by atoms with van der Waals surface area (Å²) in [6.45, 7) is 1.66. The summed E-state index contributed by atoms with van der Waals surface area (Å²) in [5.41, 5.74) is 2.28. The minimum Gasteiger partial charge on any atom is -0.281 e. The molecule has 172 valence electrons. The summed E-state index contributed by atoms with van der Waals surface area (Å²) in [6.07, 6.45) is 3.98. The standard InChI is InChI=1S/C23H19ClF2N2O3S2/c1-2-11-33(30,31)28-20-8-7-18(25)23(22(20)26)32(29)21-10-9-19-17(21)12-15(13-27-19)14-3-5-16(24)6-4-14/h3-8,10,12-13,28H,2,9,11H2,1H3. The number of fused-ring (bicyclic) bond motifs is 1. The first kappa shape index (κ1) is 23.5. The van der Waals surface area contributed by atoms with Crippen LogP contribution in [0.15, 0.2) is 59.6 Å². The second-order valence-corrected chi connectivity index (χ2v) is 11.1. The number of rotatable bonds is 7. The zero-order chi connectivity index (χ0) is 23.8. The van der Waals surface area contributed by atoms with Crippen molar-refractivity contribution in [2.45, 2.75) is 24.7 Å². The van der Waals surface area contributed by atoms with Crippen molar-refractivity contribution in [3.05, 3.63) is 82.7 Å². The Kier molecular flexibility index (Phi) is 6.65. The number of nitrogens with zero attached hydrogens (tertiary/aromatic N) is 1.